The van der Waals surface area contributed by atoms with Gasteiger partial charge in [-0.3, -0.25) is 4.79 Å². The van der Waals surface area contributed by atoms with Crippen molar-refractivity contribution in [3.05, 3.63) is 0 Å². The van der Waals surface area contributed by atoms with E-state index in [1.54, 1.807) is 0 Å². The highest BCUT2D eigenvalue weighted by molar-refractivity contribution is 5.84. The molecule has 0 aromatic heterocycles. The van der Waals surface area contributed by atoms with Crippen molar-refractivity contribution in [1.29, 1.82) is 0 Å². The van der Waals surface area contributed by atoms with E-state index in [0.29, 0.717) is 19.4 Å². The van der Waals surface area contributed by atoms with Crippen molar-refractivity contribution in [2.75, 3.05) is 6.54 Å². The molecule has 0 bridgehead atoms. The Labute approximate surface area is 104 Å². The third-order valence-electron chi connectivity index (χ3n) is 2.23. The minimum Gasteiger partial charge on any atom is -0.345 e. The first-order chi connectivity index (χ1) is 8.02. The summed E-state index contributed by atoms with van der Waals surface area (Å²) in [6.45, 7) is 8.23. The lowest BCUT2D eigenvalue weighted by Gasteiger charge is -2.18. The van der Waals surface area contributed by atoms with Gasteiger partial charge in [0.1, 0.15) is 6.29 Å². The lowest BCUT2D eigenvalue weighted by atomic mass is 10.0. The topological polar surface area (TPSA) is 98.2 Å². The fourth-order valence-corrected chi connectivity index (χ4v) is 1.09. The Bertz CT molecular complexity index is 208. The smallest absolute Gasteiger partial charge is 0.237 e. The number of amides is 1. The van der Waals surface area contributed by atoms with Crippen LogP contribution in [0, 0.1) is 5.92 Å². The molecule has 5 nitrogen and oxygen atoms in total. The fourth-order valence-electron chi connectivity index (χ4n) is 1.09. The van der Waals surface area contributed by atoms with Gasteiger partial charge in [0.05, 0.1) is 12.1 Å². The number of carbonyl (C=O) groups excluding carboxylic acids is 2. The second-order valence-electron chi connectivity index (χ2n) is 3.95. The van der Waals surface area contributed by atoms with Crippen LogP contribution in [0.1, 0.15) is 40.5 Å². The first-order valence-corrected chi connectivity index (χ1v) is 6.24. The Balaban J connectivity index is 0. The van der Waals surface area contributed by atoms with E-state index in [4.69, 9.17) is 11.5 Å². The molecule has 0 aliphatic rings. The van der Waals surface area contributed by atoms with Gasteiger partial charge in [-0.25, -0.2) is 0 Å². The van der Waals surface area contributed by atoms with Crippen molar-refractivity contribution in [3.63, 3.8) is 0 Å². The number of aldehydes is 1. The Morgan fingerprint density at radius 3 is 2.24 bits per heavy atom. The Morgan fingerprint density at radius 2 is 1.88 bits per heavy atom. The van der Waals surface area contributed by atoms with Crippen LogP contribution >= 0.6 is 0 Å². The molecule has 17 heavy (non-hydrogen) atoms. The molecule has 5 N–H and O–H groups in total. The average Bonchev–Trinajstić information content (AvgIpc) is 2.35. The number of hydrogen-bond donors (Lipinski definition) is 3. The second kappa shape index (κ2) is 11.5. The molecule has 0 heterocycles. The molecule has 0 fully saturated rings. The van der Waals surface area contributed by atoms with Crippen molar-refractivity contribution >= 4 is 12.2 Å². The number of nitrogens with two attached hydrogens (primary N) is 2. The van der Waals surface area contributed by atoms with Crippen LogP contribution in [0.4, 0.5) is 0 Å². The van der Waals surface area contributed by atoms with Gasteiger partial charge in [0.25, 0.3) is 0 Å². The van der Waals surface area contributed by atoms with E-state index in [0.717, 1.165) is 6.29 Å². The van der Waals surface area contributed by atoms with E-state index < -0.39 is 12.1 Å². The third-order valence-corrected chi connectivity index (χ3v) is 2.23. The van der Waals surface area contributed by atoms with Crippen LogP contribution in [0.2, 0.25) is 0 Å². The van der Waals surface area contributed by atoms with Gasteiger partial charge in [-0.1, -0.05) is 27.7 Å². The zero-order valence-electron chi connectivity index (χ0n) is 11.4. The summed E-state index contributed by atoms with van der Waals surface area (Å²) in [7, 11) is 0. The standard InChI is InChI=1S/C10H21N3O2.C2H6/c1-7(2)9(12)10(15)13-8(6-14)4-3-5-11;1-2/h6-9H,3-5,11-12H2,1-2H3,(H,13,15);1-2H3. The summed E-state index contributed by atoms with van der Waals surface area (Å²) in [6, 6.07) is -1.03. The monoisotopic (exact) mass is 245 g/mol. The summed E-state index contributed by atoms with van der Waals surface area (Å²) < 4.78 is 0. The SMILES string of the molecule is CC.CC(C)C(N)C(=O)NC(C=O)CCCN. The number of nitrogens with one attached hydrogen (secondary N) is 1. The molecule has 1 amide bonds. The molecule has 0 aromatic rings. The maximum absolute atomic E-state index is 11.5. The van der Waals surface area contributed by atoms with Crippen LogP contribution in [0.3, 0.4) is 0 Å². The van der Waals surface area contributed by atoms with E-state index in [1.807, 2.05) is 27.7 Å². The van der Waals surface area contributed by atoms with E-state index >= 15 is 0 Å². The summed E-state index contributed by atoms with van der Waals surface area (Å²) >= 11 is 0. The zero-order valence-corrected chi connectivity index (χ0v) is 11.4. The van der Waals surface area contributed by atoms with E-state index in [-0.39, 0.29) is 11.8 Å². The first-order valence-electron chi connectivity index (χ1n) is 6.24. The van der Waals surface area contributed by atoms with Gasteiger partial charge in [0.2, 0.25) is 5.91 Å². The molecule has 0 aliphatic heterocycles. The van der Waals surface area contributed by atoms with E-state index in [1.165, 1.54) is 0 Å². The van der Waals surface area contributed by atoms with Crippen molar-refractivity contribution in [2.45, 2.75) is 52.6 Å². The van der Waals surface area contributed by atoms with Crippen LogP contribution in [-0.4, -0.2) is 30.8 Å². The molecule has 0 saturated heterocycles. The quantitative estimate of drug-likeness (QED) is 0.566. The number of hydrogen-bond acceptors (Lipinski definition) is 4. The zero-order chi connectivity index (χ0) is 13.8. The van der Waals surface area contributed by atoms with Gasteiger partial charge in [-0.15, -0.1) is 0 Å². The van der Waals surface area contributed by atoms with Gasteiger partial charge in [0, 0.05) is 0 Å². The summed E-state index contributed by atoms with van der Waals surface area (Å²) in [4.78, 5) is 22.1. The molecular weight excluding hydrogens is 218 g/mol. The van der Waals surface area contributed by atoms with Crippen LogP contribution in [0.15, 0.2) is 0 Å². The first kappa shape index (κ1) is 18.4. The maximum atomic E-state index is 11.5. The maximum Gasteiger partial charge on any atom is 0.237 e. The lowest BCUT2D eigenvalue weighted by molar-refractivity contribution is -0.126. The molecule has 0 saturated carbocycles. The van der Waals surface area contributed by atoms with Gasteiger partial charge in [0.15, 0.2) is 0 Å². The van der Waals surface area contributed by atoms with Crippen molar-refractivity contribution in [3.8, 4) is 0 Å². The van der Waals surface area contributed by atoms with Gasteiger partial charge < -0.3 is 21.6 Å². The third kappa shape index (κ3) is 8.83. The summed E-state index contributed by atoms with van der Waals surface area (Å²) in [6.07, 6.45) is 2.00. The van der Waals surface area contributed by atoms with Gasteiger partial charge in [-0.2, -0.15) is 0 Å². The Morgan fingerprint density at radius 1 is 1.35 bits per heavy atom. The van der Waals surface area contributed by atoms with Crippen LogP contribution in [-0.2, 0) is 9.59 Å². The molecule has 5 heteroatoms. The molecule has 0 aliphatic carbocycles. The molecule has 2 atom stereocenters. The van der Waals surface area contributed by atoms with Crippen molar-refractivity contribution < 1.29 is 9.59 Å². The Kier molecular flexibility index (Phi) is 12.5. The molecule has 2 unspecified atom stereocenters. The number of carbonyl (C=O) groups is 2. The summed E-state index contributed by atoms with van der Waals surface area (Å²) in [5.41, 5.74) is 11.0. The molecule has 0 radical (unpaired) electrons. The van der Waals surface area contributed by atoms with Crippen molar-refractivity contribution in [1.82, 2.24) is 5.32 Å². The molecular formula is C12H27N3O2. The second-order valence-corrected chi connectivity index (χ2v) is 3.95. The minimum absolute atomic E-state index is 0.0619. The molecule has 0 rings (SSSR count). The predicted molar refractivity (Wildman–Crippen MR) is 70.4 cm³/mol. The Hall–Kier alpha value is -0.940. The molecule has 0 spiro atoms. The highest BCUT2D eigenvalue weighted by atomic mass is 16.2. The summed E-state index contributed by atoms with van der Waals surface area (Å²) in [5.74, 6) is -0.217. The molecule has 0 aromatic carbocycles. The highest BCUT2D eigenvalue weighted by Crippen LogP contribution is 2.00. The molecule has 102 valence electrons. The predicted octanol–water partition coefficient (Wildman–Crippen LogP) is 0.419. The van der Waals surface area contributed by atoms with Gasteiger partial charge in [-0.05, 0) is 25.3 Å². The minimum atomic E-state index is -0.565. The van der Waals surface area contributed by atoms with Crippen LogP contribution < -0.4 is 16.8 Å². The van der Waals surface area contributed by atoms with E-state index in [2.05, 4.69) is 5.32 Å². The largest absolute Gasteiger partial charge is 0.345 e. The number of rotatable bonds is 7. The fraction of sp³-hybridized carbons (Fsp3) is 0.833. The average molecular weight is 245 g/mol. The van der Waals surface area contributed by atoms with Gasteiger partial charge >= 0.3 is 0 Å². The summed E-state index contributed by atoms with van der Waals surface area (Å²) in [5, 5.41) is 2.60. The van der Waals surface area contributed by atoms with Crippen LogP contribution in [0.25, 0.3) is 0 Å². The normalized spacial score (nSPS) is 13.4. The van der Waals surface area contributed by atoms with E-state index in [9.17, 15) is 9.59 Å². The van der Waals surface area contributed by atoms with Crippen LogP contribution in [0.5, 0.6) is 0 Å². The highest BCUT2D eigenvalue weighted by Gasteiger charge is 2.19. The lowest BCUT2D eigenvalue weighted by Crippen LogP contribution is -2.48. The van der Waals surface area contributed by atoms with Crippen molar-refractivity contribution in [2.24, 2.45) is 17.4 Å².